The second kappa shape index (κ2) is 6.75. The number of rotatable bonds is 7. The van der Waals surface area contributed by atoms with Crippen molar-refractivity contribution in [1.29, 1.82) is 0 Å². The van der Waals surface area contributed by atoms with Gasteiger partial charge < -0.3 is 14.4 Å². The molecule has 0 amide bonds. The maximum absolute atomic E-state index is 10.6. The first-order valence-electron chi connectivity index (χ1n) is 6.54. The van der Waals surface area contributed by atoms with E-state index in [1.807, 2.05) is 35.0 Å². The molecule has 1 N–H and O–H groups in total. The van der Waals surface area contributed by atoms with Crippen molar-refractivity contribution in [1.82, 2.24) is 9.55 Å². The number of benzene rings is 1. The Morgan fingerprint density at radius 2 is 2.05 bits per heavy atom. The summed E-state index contributed by atoms with van der Waals surface area (Å²) in [5, 5.41) is 8.71. The SMILES string of the molecule is COc1ccc(CCc2nccn2CCC(=O)O)cc1. The summed E-state index contributed by atoms with van der Waals surface area (Å²) < 4.78 is 7.02. The maximum atomic E-state index is 10.6. The summed E-state index contributed by atoms with van der Waals surface area (Å²) in [7, 11) is 1.65. The van der Waals surface area contributed by atoms with Crippen molar-refractivity contribution in [2.24, 2.45) is 0 Å². The lowest BCUT2D eigenvalue weighted by Gasteiger charge is -2.07. The third-order valence-corrected chi connectivity index (χ3v) is 3.16. The zero-order valence-electron chi connectivity index (χ0n) is 11.5. The largest absolute Gasteiger partial charge is 0.497 e. The fourth-order valence-electron chi connectivity index (χ4n) is 2.04. The summed E-state index contributed by atoms with van der Waals surface area (Å²) in [6, 6.07) is 7.94. The number of ether oxygens (including phenoxy) is 1. The summed E-state index contributed by atoms with van der Waals surface area (Å²) in [6.07, 6.45) is 5.32. The van der Waals surface area contributed by atoms with E-state index in [-0.39, 0.29) is 6.42 Å². The van der Waals surface area contributed by atoms with E-state index in [1.54, 1.807) is 13.3 Å². The number of hydrogen-bond acceptors (Lipinski definition) is 3. The Kier molecular flexibility index (Phi) is 4.76. The van der Waals surface area contributed by atoms with Gasteiger partial charge in [-0.3, -0.25) is 4.79 Å². The standard InChI is InChI=1S/C15H18N2O3/c1-20-13-5-2-12(3-6-13)4-7-14-16-9-11-17(14)10-8-15(18)19/h2-3,5-6,9,11H,4,7-8,10H2,1H3,(H,18,19). The molecule has 106 valence electrons. The number of carboxylic acids is 1. The molecule has 1 aromatic heterocycles. The molecule has 5 heteroatoms. The van der Waals surface area contributed by atoms with Crippen LogP contribution in [0.25, 0.3) is 0 Å². The molecule has 5 nitrogen and oxygen atoms in total. The summed E-state index contributed by atoms with van der Waals surface area (Å²) in [5.41, 5.74) is 1.21. The van der Waals surface area contributed by atoms with Gasteiger partial charge >= 0.3 is 5.97 Å². The number of hydrogen-bond donors (Lipinski definition) is 1. The Bertz CT molecular complexity index is 561. The third kappa shape index (κ3) is 3.85. The number of carbonyl (C=O) groups is 1. The molecular weight excluding hydrogens is 256 g/mol. The van der Waals surface area contributed by atoms with Gasteiger partial charge in [0.1, 0.15) is 11.6 Å². The average Bonchev–Trinajstić information content (AvgIpc) is 2.91. The van der Waals surface area contributed by atoms with Crippen molar-refractivity contribution < 1.29 is 14.6 Å². The molecule has 0 fully saturated rings. The first kappa shape index (κ1) is 14.1. The Balaban J connectivity index is 1.93. The van der Waals surface area contributed by atoms with Gasteiger partial charge in [-0.05, 0) is 24.1 Å². The topological polar surface area (TPSA) is 64.4 Å². The number of imidazole rings is 1. The second-order valence-electron chi connectivity index (χ2n) is 4.53. The highest BCUT2D eigenvalue weighted by molar-refractivity contribution is 5.66. The van der Waals surface area contributed by atoms with Crippen LogP contribution in [0.2, 0.25) is 0 Å². The van der Waals surface area contributed by atoms with E-state index in [9.17, 15) is 4.79 Å². The Labute approximate surface area is 117 Å². The van der Waals surface area contributed by atoms with E-state index < -0.39 is 5.97 Å². The van der Waals surface area contributed by atoms with E-state index in [1.165, 1.54) is 5.56 Å². The molecule has 0 aliphatic rings. The van der Waals surface area contributed by atoms with Crippen molar-refractivity contribution in [3.05, 3.63) is 48.0 Å². The molecule has 0 atom stereocenters. The van der Waals surface area contributed by atoms with Crippen molar-refractivity contribution >= 4 is 5.97 Å². The van der Waals surface area contributed by atoms with Crippen molar-refractivity contribution in [2.75, 3.05) is 7.11 Å². The van der Waals surface area contributed by atoms with Crippen LogP contribution < -0.4 is 4.74 Å². The van der Waals surface area contributed by atoms with E-state index >= 15 is 0 Å². The molecule has 0 radical (unpaired) electrons. The molecule has 2 rings (SSSR count). The summed E-state index contributed by atoms with van der Waals surface area (Å²) in [4.78, 5) is 14.9. The smallest absolute Gasteiger partial charge is 0.305 e. The Morgan fingerprint density at radius 1 is 1.30 bits per heavy atom. The third-order valence-electron chi connectivity index (χ3n) is 3.16. The van der Waals surface area contributed by atoms with E-state index in [0.717, 1.165) is 24.4 Å². The molecular formula is C15H18N2O3. The second-order valence-corrected chi connectivity index (χ2v) is 4.53. The van der Waals surface area contributed by atoms with E-state index in [2.05, 4.69) is 4.98 Å². The first-order valence-corrected chi connectivity index (χ1v) is 6.54. The number of aromatic nitrogens is 2. The van der Waals surface area contributed by atoms with Gasteiger partial charge in [0.15, 0.2) is 0 Å². The van der Waals surface area contributed by atoms with Gasteiger partial charge in [0.25, 0.3) is 0 Å². The van der Waals surface area contributed by atoms with Crippen LogP contribution in [-0.2, 0) is 24.2 Å². The average molecular weight is 274 g/mol. The predicted octanol–water partition coefficient (Wildman–Crippen LogP) is 2.15. The molecule has 20 heavy (non-hydrogen) atoms. The van der Waals surface area contributed by atoms with Crippen LogP contribution in [0.3, 0.4) is 0 Å². The minimum absolute atomic E-state index is 0.117. The Hall–Kier alpha value is -2.30. The van der Waals surface area contributed by atoms with Gasteiger partial charge in [-0.1, -0.05) is 12.1 Å². The molecule has 0 saturated carbocycles. The highest BCUT2D eigenvalue weighted by Gasteiger charge is 2.05. The quantitative estimate of drug-likeness (QED) is 0.840. The van der Waals surface area contributed by atoms with Crippen molar-refractivity contribution in [2.45, 2.75) is 25.8 Å². The summed E-state index contributed by atoms with van der Waals surface area (Å²) in [5.74, 6) is 0.971. The number of carboxylic acid groups (broad SMARTS) is 1. The number of aryl methyl sites for hydroxylation is 3. The van der Waals surface area contributed by atoms with E-state index in [4.69, 9.17) is 9.84 Å². The zero-order chi connectivity index (χ0) is 14.4. The lowest BCUT2D eigenvalue weighted by molar-refractivity contribution is -0.137. The Morgan fingerprint density at radius 3 is 2.70 bits per heavy atom. The molecule has 0 aliphatic heterocycles. The normalized spacial score (nSPS) is 10.4. The molecule has 2 aromatic rings. The fourth-order valence-corrected chi connectivity index (χ4v) is 2.04. The van der Waals surface area contributed by atoms with Gasteiger partial charge in [0.05, 0.1) is 13.5 Å². The zero-order valence-corrected chi connectivity index (χ0v) is 11.5. The molecule has 0 aliphatic carbocycles. The molecule has 1 heterocycles. The van der Waals surface area contributed by atoms with Crippen LogP contribution in [0, 0.1) is 0 Å². The van der Waals surface area contributed by atoms with Crippen LogP contribution in [0.5, 0.6) is 5.75 Å². The van der Waals surface area contributed by atoms with Crippen molar-refractivity contribution in [3.8, 4) is 5.75 Å². The number of nitrogens with zero attached hydrogens (tertiary/aromatic N) is 2. The number of aliphatic carboxylic acids is 1. The van der Waals surface area contributed by atoms with Crippen LogP contribution in [0.1, 0.15) is 17.8 Å². The van der Waals surface area contributed by atoms with E-state index in [0.29, 0.717) is 6.54 Å². The van der Waals surface area contributed by atoms with Gasteiger partial charge in [-0.2, -0.15) is 0 Å². The van der Waals surface area contributed by atoms with Crippen LogP contribution in [0.4, 0.5) is 0 Å². The minimum atomic E-state index is -0.792. The van der Waals surface area contributed by atoms with Crippen molar-refractivity contribution in [3.63, 3.8) is 0 Å². The van der Waals surface area contributed by atoms with Gasteiger partial charge in [0, 0.05) is 25.4 Å². The van der Waals surface area contributed by atoms with Gasteiger partial charge in [0.2, 0.25) is 0 Å². The summed E-state index contributed by atoms with van der Waals surface area (Å²) >= 11 is 0. The summed E-state index contributed by atoms with van der Waals surface area (Å²) in [6.45, 7) is 0.466. The van der Waals surface area contributed by atoms with Gasteiger partial charge in [-0.25, -0.2) is 4.98 Å². The molecule has 0 bridgehead atoms. The van der Waals surface area contributed by atoms with Crippen LogP contribution >= 0.6 is 0 Å². The monoisotopic (exact) mass is 274 g/mol. The first-order chi connectivity index (χ1) is 9.69. The number of methoxy groups -OCH3 is 1. The molecule has 0 spiro atoms. The maximum Gasteiger partial charge on any atom is 0.305 e. The van der Waals surface area contributed by atoms with Gasteiger partial charge in [-0.15, -0.1) is 0 Å². The lowest BCUT2D eigenvalue weighted by atomic mass is 10.1. The molecule has 0 unspecified atom stereocenters. The van der Waals surface area contributed by atoms with Crippen LogP contribution in [0.15, 0.2) is 36.7 Å². The minimum Gasteiger partial charge on any atom is -0.497 e. The molecule has 0 saturated heterocycles. The lowest BCUT2D eigenvalue weighted by Crippen LogP contribution is -2.08. The predicted molar refractivity (Wildman–Crippen MR) is 74.9 cm³/mol. The fraction of sp³-hybridized carbons (Fsp3) is 0.333. The molecule has 1 aromatic carbocycles. The highest BCUT2D eigenvalue weighted by Crippen LogP contribution is 2.13. The van der Waals surface area contributed by atoms with Crippen LogP contribution in [-0.4, -0.2) is 27.7 Å². The highest BCUT2D eigenvalue weighted by atomic mass is 16.5.